The first-order valence-electron chi connectivity index (χ1n) is 4.70. The molecule has 1 N–H and O–H groups in total. The number of nitrogens with one attached hydrogen (secondary N) is 1. The minimum Gasteiger partial charge on any atom is -0.347 e. The average molecular weight is 250 g/mol. The number of thiol groups is 1. The third-order valence-corrected chi connectivity index (χ3v) is 3.37. The molecule has 16 heavy (non-hydrogen) atoms. The number of carbonyl (C=O) groups excluding carboxylic acids is 1. The van der Waals surface area contributed by atoms with Crippen molar-refractivity contribution < 1.29 is 4.79 Å². The van der Waals surface area contributed by atoms with Gasteiger partial charge in [-0.25, -0.2) is 0 Å². The predicted octanol–water partition coefficient (Wildman–Crippen LogP) is 2.36. The molecule has 0 aliphatic rings. The molecule has 2 aromatic rings. The van der Waals surface area contributed by atoms with E-state index >= 15 is 0 Å². The second-order valence-electron chi connectivity index (χ2n) is 3.21. The molecule has 0 radical (unpaired) electrons. The summed E-state index contributed by atoms with van der Waals surface area (Å²) in [5.41, 5.74) is 1.03. The van der Waals surface area contributed by atoms with Gasteiger partial charge in [-0.2, -0.15) is 0 Å². The van der Waals surface area contributed by atoms with Crippen LogP contribution < -0.4 is 5.32 Å². The van der Waals surface area contributed by atoms with Crippen molar-refractivity contribution in [2.24, 2.45) is 0 Å². The molecule has 0 fully saturated rings. The van der Waals surface area contributed by atoms with E-state index in [1.54, 1.807) is 18.5 Å². The van der Waals surface area contributed by atoms with Gasteiger partial charge < -0.3 is 5.32 Å². The third-order valence-electron chi connectivity index (χ3n) is 2.01. The van der Waals surface area contributed by atoms with E-state index < -0.39 is 0 Å². The number of pyridine rings is 1. The summed E-state index contributed by atoms with van der Waals surface area (Å²) in [7, 11) is 0. The smallest absolute Gasteiger partial charge is 0.261 e. The van der Waals surface area contributed by atoms with Crippen LogP contribution >= 0.6 is 24.0 Å². The molecule has 0 atom stereocenters. The summed E-state index contributed by atoms with van der Waals surface area (Å²) < 4.78 is 0. The van der Waals surface area contributed by atoms with Gasteiger partial charge in [0, 0.05) is 29.2 Å². The molecule has 0 spiro atoms. The summed E-state index contributed by atoms with van der Waals surface area (Å²) in [5, 5.41) is 4.68. The Morgan fingerprint density at radius 3 is 2.81 bits per heavy atom. The van der Waals surface area contributed by atoms with E-state index in [9.17, 15) is 4.79 Å². The highest BCUT2D eigenvalue weighted by molar-refractivity contribution is 7.80. The number of hydrogen-bond acceptors (Lipinski definition) is 4. The molecule has 0 bridgehead atoms. The van der Waals surface area contributed by atoms with Crippen LogP contribution in [0.2, 0.25) is 0 Å². The van der Waals surface area contributed by atoms with Crippen LogP contribution in [0.15, 0.2) is 40.9 Å². The van der Waals surface area contributed by atoms with Gasteiger partial charge in [-0.15, -0.1) is 24.0 Å². The quantitative estimate of drug-likeness (QED) is 0.821. The van der Waals surface area contributed by atoms with E-state index in [1.165, 1.54) is 11.3 Å². The Morgan fingerprint density at radius 1 is 1.44 bits per heavy atom. The Balaban J connectivity index is 1.94. The summed E-state index contributed by atoms with van der Waals surface area (Å²) in [6, 6.07) is 5.51. The maximum Gasteiger partial charge on any atom is 0.261 e. The van der Waals surface area contributed by atoms with Gasteiger partial charge in [-0.05, 0) is 23.8 Å². The van der Waals surface area contributed by atoms with Crippen molar-refractivity contribution in [3.8, 4) is 0 Å². The SMILES string of the molecule is O=C(NCc1ccncc1)c1cc(S)cs1. The summed E-state index contributed by atoms with van der Waals surface area (Å²) in [6.45, 7) is 0.515. The second-order valence-corrected chi connectivity index (χ2v) is 4.63. The molecule has 1 amide bonds. The lowest BCUT2D eigenvalue weighted by Crippen LogP contribution is -2.21. The van der Waals surface area contributed by atoms with Crippen molar-refractivity contribution in [1.82, 2.24) is 10.3 Å². The van der Waals surface area contributed by atoms with Crippen molar-refractivity contribution in [2.75, 3.05) is 0 Å². The van der Waals surface area contributed by atoms with E-state index in [2.05, 4.69) is 22.9 Å². The highest BCUT2D eigenvalue weighted by atomic mass is 32.1. The number of hydrogen-bond donors (Lipinski definition) is 2. The molecule has 5 heteroatoms. The number of rotatable bonds is 3. The summed E-state index contributed by atoms with van der Waals surface area (Å²) in [6.07, 6.45) is 3.41. The first kappa shape index (κ1) is 11.2. The monoisotopic (exact) mass is 250 g/mol. The number of nitrogens with zero attached hydrogens (tertiary/aromatic N) is 1. The first-order valence-corrected chi connectivity index (χ1v) is 6.03. The van der Waals surface area contributed by atoms with E-state index in [4.69, 9.17) is 0 Å². The number of thiophene rings is 1. The number of amides is 1. The van der Waals surface area contributed by atoms with Crippen LogP contribution in [0.4, 0.5) is 0 Å². The van der Waals surface area contributed by atoms with Crippen LogP contribution in [-0.4, -0.2) is 10.9 Å². The summed E-state index contributed by atoms with van der Waals surface area (Å²) >= 11 is 5.55. The van der Waals surface area contributed by atoms with Gasteiger partial charge in [0.25, 0.3) is 5.91 Å². The fourth-order valence-corrected chi connectivity index (χ4v) is 2.28. The van der Waals surface area contributed by atoms with Crippen molar-refractivity contribution >= 4 is 29.9 Å². The van der Waals surface area contributed by atoms with Gasteiger partial charge in [-0.3, -0.25) is 9.78 Å². The molecule has 0 aliphatic heterocycles. The maximum absolute atomic E-state index is 11.7. The fraction of sp³-hybridized carbons (Fsp3) is 0.0909. The normalized spacial score (nSPS) is 10.1. The molecule has 0 saturated carbocycles. The summed E-state index contributed by atoms with van der Waals surface area (Å²) in [4.78, 5) is 17.1. The van der Waals surface area contributed by atoms with Gasteiger partial charge in [0.2, 0.25) is 0 Å². The average Bonchev–Trinajstić information content (AvgIpc) is 2.74. The van der Waals surface area contributed by atoms with Crippen molar-refractivity contribution in [3.05, 3.63) is 46.4 Å². The molecule has 2 rings (SSSR count). The van der Waals surface area contributed by atoms with Crippen molar-refractivity contribution in [3.63, 3.8) is 0 Å². The molecule has 0 aromatic carbocycles. The zero-order chi connectivity index (χ0) is 11.4. The van der Waals surface area contributed by atoms with Crippen LogP contribution in [0.5, 0.6) is 0 Å². The van der Waals surface area contributed by atoms with Crippen molar-refractivity contribution in [2.45, 2.75) is 11.4 Å². The van der Waals surface area contributed by atoms with Gasteiger partial charge in [-0.1, -0.05) is 0 Å². The van der Waals surface area contributed by atoms with E-state index in [0.717, 1.165) is 10.5 Å². The van der Waals surface area contributed by atoms with Gasteiger partial charge in [0.15, 0.2) is 0 Å². The Hall–Kier alpha value is -1.33. The minimum atomic E-state index is -0.0675. The maximum atomic E-state index is 11.7. The van der Waals surface area contributed by atoms with Gasteiger partial charge in [0.1, 0.15) is 0 Å². The van der Waals surface area contributed by atoms with Crippen LogP contribution in [0, 0.1) is 0 Å². The fourth-order valence-electron chi connectivity index (χ4n) is 1.22. The lowest BCUT2D eigenvalue weighted by Gasteiger charge is -2.02. The van der Waals surface area contributed by atoms with E-state index in [1.807, 2.05) is 17.5 Å². The zero-order valence-electron chi connectivity index (χ0n) is 8.38. The number of carbonyl (C=O) groups is 1. The van der Waals surface area contributed by atoms with Gasteiger partial charge >= 0.3 is 0 Å². The predicted molar refractivity (Wildman–Crippen MR) is 67.0 cm³/mol. The topological polar surface area (TPSA) is 42.0 Å². The highest BCUT2D eigenvalue weighted by Gasteiger charge is 2.07. The molecule has 0 saturated heterocycles. The van der Waals surface area contributed by atoms with E-state index in [0.29, 0.717) is 11.4 Å². The van der Waals surface area contributed by atoms with Crippen LogP contribution in [-0.2, 0) is 6.54 Å². The van der Waals surface area contributed by atoms with Crippen LogP contribution in [0.1, 0.15) is 15.2 Å². The molecule has 2 heterocycles. The standard InChI is InChI=1S/C11H10N2OS2/c14-11(10-5-9(15)7-16-10)13-6-8-1-3-12-4-2-8/h1-5,7,15H,6H2,(H,13,14). The Kier molecular flexibility index (Phi) is 3.58. The lowest BCUT2D eigenvalue weighted by molar-refractivity contribution is 0.0955. The molecular weight excluding hydrogens is 240 g/mol. The van der Waals surface area contributed by atoms with Gasteiger partial charge in [0.05, 0.1) is 4.88 Å². The second kappa shape index (κ2) is 5.14. The Bertz CT molecular complexity index is 482. The Labute approximate surface area is 103 Å². The highest BCUT2D eigenvalue weighted by Crippen LogP contribution is 2.17. The molecule has 0 aliphatic carbocycles. The summed E-state index contributed by atoms with van der Waals surface area (Å²) in [5.74, 6) is -0.0675. The molecule has 3 nitrogen and oxygen atoms in total. The van der Waals surface area contributed by atoms with Crippen LogP contribution in [0.25, 0.3) is 0 Å². The number of aromatic nitrogens is 1. The zero-order valence-corrected chi connectivity index (χ0v) is 10.1. The van der Waals surface area contributed by atoms with E-state index in [-0.39, 0.29) is 5.91 Å². The molecular formula is C11H10N2OS2. The lowest BCUT2D eigenvalue weighted by atomic mass is 10.2. The van der Waals surface area contributed by atoms with Crippen LogP contribution in [0.3, 0.4) is 0 Å². The molecule has 82 valence electrons. The molecule has 2 aromatic heterocycles. The molecule has 0 unspecified atom stereocenters. The third kappa shape index (κ3) is 2.84. The largest absolute Gasteiger partial charge is 0.347 e. The Morgan fingerprint density at radius 2 is 2.19 bits per heavy atom. The first-order chi connectivity index (χ1) is 7.75. The van der Waals surface area contributed by atoms with Crippen molar-refractivity contribution in [1.29, 1.82) is 0 Å². The minimum absolute atomic E-state index is 0.0675.